The van der Waals surface area contributed by atoms with Crippen LogP contribution in [0.4, 0.5) is 0 Å². The van der Waals surface area contributed by atoms with Crippen molar-refractivity contribution in [2.45, 2.75) is 12.3 Å². The quantitative estimate of drug-likeness (QED) is 0.325. The molecule has 1 aromatic heterocycles. The minimum Gasteiger partial charge on any atom is -0.507 e. The average molecular weight is 465 g/mol. The number of ether oxygens (including phenoxy) is 2. The Kier molecular flexibility index (Phi) is 4.98. The lowest BCUT2D eigenvalue weighted by molar-refractivity contribution is -0.135. The van der Waals surface area contributed by atoms with Gasteiger partial charge in [-0.05, 0) is 35.4 Å². The number of carbonyl (C=O) groups is 1. The second-order valence-corrected chi connectivity index (χ2v) is 8.10. The van der Waals surface area contributed by atoms with Gasteiger partial charge in [-0.1, -0.05) is 29.8 Å². The van der Waals surface area contributed by atoms with Gasteiger partial charge in [-0.2, -0.15) is 0 Å². The maximum Gasteiger partial charge on any atom is 0.312 e. The van der Waals surface area contributed by atoms with Crippen molar-refractivity contribution < 1.29 is 28.9 Å². The van der Waals surface area contributed by atoms with Gasteiger partial charge in [0, 0.05) is 22.6 Å². The van der Waals surface area contributed by atoms with Gasteiger partial charge in [0.15, 0.2) is 11.5 Å². The topological polar surface area (TPSA) is 106 Å². The Morgan fingerprint density at radius 1 is 1.03 bits per heavy atom. The fourth-order valence-electron chi connectivity index (χ4n) is 4.16. The average Bonchev–Trinajstić information content (AvgIpc) is 2.79. The van der Waals surface area contributed by atoms with Gasteiger partial charge in [-0.15, -0.1) is 0 Å². The van der Waals surface area contributed by atoms with Crippen molar-refractivity contribution in [1.29, 1.82) is 0 Å². The first-order valence-electron chi connectivity index (χ1n) is 10.0. The minimum atomic E-state index is -0.552. The molecule has 33 heavy (non-hydrogen) atoms. The van der Waals surface area contributed by atoms with Gasteiger partial charge in [0.05, 0.1) is 19.1 Å². The summed E-state index contributed by atoms with van der Waals surface area (Å²) in [6, 6.07) is 12.7. The number of fused-ring (bicyclic) bond motifs is 3. The molecule has 0 radical (unpaired) electrons. The van der Waals surface area contributed by atoms with Gasteiger partial charge >= 0.3 is 5.97 Å². The molecule has 0 spiro atoms. The summed E-state index contributed by atoms with van der Waals surface area (Å²) >= 11 is 5.95. The van der Waals surface area contributed by atoms with Crippen LogP contribution in [0.25, 0.3) is 22.1 Å². The molecule has 5 rings (SSSR count). The van der Waals surface area contributed by atoms with E-state index >= 15 is 0 Å². The zero-order chi connectivity index (χ0) is 23.3. The lowest BCUT2D eigenvalue weighted by Crippen LogP contribution is -2.22. The predicted molar refractivity (Wildman–Crippen MR) is 121 cm³/mol. The van der Waals surface area contributed by atoms with Crippen LogP contribution in [0.15, 0.2) is 64.0 Å². The zero-order valence-electron chi connectivity index (χ0n) is 17.3. The third kappa shape index (κ3) is 3.47. The molecular weight excluding hydrogens is 448 g/mol. The fraction of sp³-hybridized carbons (Fsp3) is 0.120. The number of halogens is 1. The number of esters is 1. The summed E-state index contributed by atoms with van der Waals surface area (Å²) in [6.45, 7) is 0. The molecule has 8 heteroatoms. The van der Waals surface area contributed by atoms with Crippen LogP contribution in [0.2, 0.25) is 5.02 Å². The van der Waals surface area contributed by atoms with Crippen molar-refractivity contribution in [1.82, 2.24) is 0 Å². The van der Waals surface area contributed by atoms with Crippen LogP contribution in [0, 0.1) is 0 Å². The lowest BCUT2D eigenvalue weighted by atomic mass is 9.84. The van der Waals surface area contributed by atoms with E-state index in [0.717, 1.165) is 0 Å². The van der Waals surface area contributed by atoms with Crippen LogP contribution < -0.4 is 14.9 Å². The van der Waals surface area contributed by atoms with Crippen LogP contribution in [0.5, 0.6) is 23.0 Å². The molecule has 0 saturated heterocycles. The minimum absolute atomic E-state index is 0.0186. The van der Waals surface area contributed by atoms with E-state index < -0.39 is 17.3 Å². The Morgan fingerprint density at radius 3 is 2.52 bits per heavy atom. The van der Waals surface area contributed by atoms with Crippen molar-refractivity contribution in [3.05, 3.63) is 81.2 Å². The van der Waals surface area contributed by atoms with E-state index in [-0.39, 0.29) is 46.0 Å². The molecule has 1 aliphatic rings. The number of methoxy groups -OCH3 is 1. The van der Waals surface area contributed by atoms with E-state index in [1.165, 1.54) is 25.5 Å². The first-order valence-corrected chi connectivity index (χ1v) is 10.4. The Labute approximate surface area is 192 Å². The van der Waals surface area contributed by atoms with Crippen molar-refractivity contribution in [3.63, 3.8) is 0 Å². The maximum absolute atomic E-state index is 13.4. The Balaban J connectivity index is 1.76. The summed E-state index contributed by atoms with van der Waals surface area (Å²) in [7, 11) is 1.42. The summed E-state index contributed by atoms with van der Waals surface area (Å²) in [5.74, 6) is -1.11. The monoisotopic (exact) mass is 464 g/mol. The third-order valence-electron chi connectivity index (χ3n) is 5.73. The molecule has 0 saturated carbocycles. The van der Waals surface area contributed by atoms with Gasteiger partial charge < -0.3 is 24.1 Å². The van der Waals surface area contributed by atoms with Gasteiger partial charge in [0.2, 0.25) is 5.43 Å². The van der Waals surface area contributed by atoms with Crippen molar-refractivity contribution in [2.24, 2.45) is 0 Å². The second kappa shape index (κ2) is 7.86. The van der Waals surface area contributed by atoms with E-state index in [4.69, 9.17) is 25.5 Å². The third-order valence-corrected chi connectivity index (χ3v) is 5.98. The number of aromatic hydroxyl groups is 2. The first-order chi connectivity index (χ1) is 15.9. The van der Waals surface area contributed by atoms with E-state index in [9.17, 15) is 19.8 Å². The highest BCUT2D eigenvalue weighted by atomic mass is 35.5. The molecule has 7 nitrogen and oxygen atoms in total. The summed E-state index contributed by atoms with van der Waals surface area (Å²) in [5.41, 5.74) is 1.63. The number of hydrogen-bond acceptors (Lipinski definition) is 7. The van der Waals surface area contributed by atoms with Gasteiger partial charge in [0.1, 0.15) is 28.7 Å². The largest absolute Gasteiger partial charge is 0.507 e. The molecule has 1 unspecified atom stereocenters. The molecule has 1 aliphatic heterocycles. The predicted octanol–water partition coefficient (Wildman–Crippen LogP) is 4.97. The van der Waals surface area contributed by atoms with Gasteiger partial charge in [-0.3, -0.25) is 9.59 Å². The molecule has 2 N–H and O–H groups in total. The van der Waals surface area contributed by atoms with E-state index in [2.05, 4.69) is 0 Å². The van der Waals surface area contributed by atoms with Crippen LogP contribution in [-0.4, -0.2) is 23.3 Å². The molecule has 166 valence electrons. The highest BCUT2D eigenvalue weighted by Gasteiger charge is 2.34. The Hall–Kier alpha value is -3.97. The van der Waals surface area contributed by atoms with Crippen molar-refractivity contribution >= 4 is 28.5 Å². The first kappa shape index (κ1) is 20.9. The van der Waals surface area contributed by atoms with Crippen molar-refractivity contribution in [3.8, 4) is 34.1 Å². The highest BCUT2D eigenvalue weighted by Crippen LogP contribution is 2.46. The SMILES string of the molecule is COc1cc(C2CC(=O)Oc3cc(O)c4c(=O)c(-c5ccc(Cl)cc5)coc4c32)ccc1O. The van der Waals surface area contributed by atoms with Crippen LogP contribution >= 0.6 is 11.6 Å². The number of phenolic OH excluding ortho intramolecular Hbond substituents is 2. The molecule has 2 heterocycles. The summed E-state index contributed by atoms with van der Waals surface area (Å²) in [5, 5.41) is 21.1. The van der Waals surface area contributed by atoms with Crippen molar-refractivity contribution in [2.75, 3.05) is 7.11 Å². The van der Waals surface area contributed by atoms with Gasteiger partial charge in [-0.25, -0.2) is 0 Å². The lowest BCUT2D eigenvalue weighted by Gasteiger charge is -2.26. The molecule has 0 aliphatic carbocycles. The molecule has 4 aromatic rings. The molecule has 0 fully saturated rings. The highest BCUT2D eigenvalue weighted by molar-refractivity contribution is 6.30. The molecule has 3 aromatic carbocycles. The molecular formula is C25H17ClO7. The fourth-order valence-corrected chi connectivity index (χ4v) is 4.28. The summed E-state index contributed by atoms with van der Waals surface area (Å²) in [4.78, 5) is 25.7. The number of hydrogen-bond donors (Lipinski definition) is 2. The molecule has 1 atom stereocenters. The van der Waals surface area contributed by atoms with Crippen LogP contribution in [0.1, 0.15) is 23.5 Å². The number of benzene rings is 3. The standard InChI is InChI=1S/C25H17ClO7/c1-31-19-8-13(4-7-17(19)27)15-9-21(29)33-20-10-18(28)23-24(30)16(11-32-25(23)22(15)20)12-2-5-14(26)6-3-12/h2-8,10-11,15,27-28H,9H2,1H3. The number of phenols is 2. The normalized spacial score (nSPS) is 15.2. The molecule has 0 bridgehead atoms. The Morgan fingerprint density at radius 2 is 1.79 bits per heavy atom. The van der Waals surface area contributed by atoms with E-state index in [1.807, 2.05) is 0 Å². The Bertz CT molecular complexity index is 1470. The summed E-state index contributed by atoms with van der Waals surface area (Å²) in [6.07, 6.45) is 1.29. The zero-order valence-corrected chi connectivity index (χ0v) is 18.1. The smallest absolute Gasteiger partial charge is 0.312 e. The maximum atomic E-state index is 13.4. The van der Waals surface area contributed by atoms with Gasteiger partial charge in [0.25, 0.3) is 0 Å². The van der Waals surface area contributed by atoms with E-state index in [1.54, 1.807) is 36.4 Å². The number of rotatable bonds is 3. The van der Waals surface area contributed by atoms with E-state index in [0.29, 0.717) is 21.7 Å². The van der Waals surface area contributed by atoms with Crippen LogP contribution in [0.3, 0.4) is 0 Å². The number of carbonyl (C=O) groups excluding carboxylic acids is 1. The summed E-state index contributed by atoms with van der Waals surface area (Å²) < 4.78 is 16.5. The second-order valence-electron chi connectivity index (χ2n) is 7.66. The van der Waals surface area contributed by atoms with Crippen LogP contribution in [-0.2, 0) is 4.79 Å². The molecule has 0 amide bonds.